The molecule has 2 aliphatic heterocycles. The molecule has 4 aromatic carbocycles. The number of non-ortho nitro benzene ring substituents is 1. The molecule has 2 amide bonds. The Hall–Kier alpha value is -5.06. The first-order valence-corrected chi connectivity index (χ1v) is 13.5. The summed E-state index contributed by atoms with van der Waals surface area (Å²) in [6, 6.07) is 24.6. The van der Waals surface area contributed by atoms with Gasteiger partial charge < -0.3 is 15.3 Å². The van der Waals surface area contributed by atoms with Crippen LogP contribution in [0.3, 0.4) is 0 Å². The van der Waals surface area contributed by atoms with Gasteiger partial charge >= 0.3 is 0 Å². The van der Waals surface area contributed by atoms with Gasteiger partial charge in [-0.3, -0.25) is 24.6 Å². The van der Waals surface area contributed by atoms with Gasteiger partial charge in [0.25, 0.3) is 5.69 Å². The van der Waals surface area contributed by atoms with Gasteiger partial charge in [0.1, 0.15) is 17.9 Å². The van der Waals surface area contributed by atoms with E-state index in [0.717, 1.165) is 16.3 Å². The van der Waals surface area contributed by atoms with Gasteiger partial charge in [-0.05, 0) is 34.5 Å². The molecule has 0 aromatic heterocycles. The molecule has 42 heavy (non-hydrogen) atoms. The van der Waals surface area contributed by atoms with Crippen LogP contribution in [0.2, 0.25) is 0 Å². The number of amides is 2. The molecule has 0 bridgehead atoms. The van der Waals surface area contributed by atoms with E-state index in [-0.39, 0.29) is 18.1 Å². The molecule has 0 aliphatic carbocycles. The quantitative estimate of drug-likeness (QED) is 0.138. The number of aliphatic hydroxyl groups is 1. The van der Waals surface area contributed by atoms with Gasteiger partial charge in [0.2, 0.25) is 11.8 Å². The van der Waals surface area contributed by atoms with Crippen LogP contribution in [0.15, 0.2) is 103 Å². The predicted octanol–water partition coefficient (Wildman–Crippen LogP) is 4.61. The summed E-state index contributed by atoms with van der Waals surface area (Å²) in [5.41, 5.74) is 4.90. The van der Waals surface area contributed by atoms with Crippen LogP contribution in [0.25, 0.3) is 10.8 Å². The Morgan fingerprint density at radius 3 is 2.40 bits per heavy atom. The number of nitro groups is 1. The summed E-state index contributed by atoms with van der Waals surface area (Å²) in [7, 11) is 1.51. The number of nitrogens with one attached hydrogen (secondary N) is 1. The van der Waals surface area contributed by atoms with Gasteiger partial charge in [0.05, 0.1) is 30.5 Å². The average molecular weight is 565 g/mol. The highest BCUT2D eigenvalue weighted by Gasteiger charge is 2.53. The van der Waals surface area contributed by atoms with Crippen LogP contribution in [0.5, 0.6) is 5.75 Å². The minimum absolute atomic E-state index is 0.0871. The van der Waals surface area contributed by atoms with Crippen LogP contribution in [-0.4, -0.2) is 50.9 Å². The van der Waals surface area contributed by atoms with E-state index < -0.39 is 34.9 Å². The van der Waals surface area contributed by atoms with Crippen molar-refractivity contribution in [3.63, 3.8) is 0 Å². The fourth-order valence-electron chi connectivity index (χ4n) is 5.79. The van der Waals surface area contributed by atoms with Gasteiger partial charge in [-0.2, -0.15) is 0 Å². The zero-order valence-corrected chi connectivity index (χ0v) is 22.7. The summed E-state index contributed by atoms with van der Waals surface area (Å²) in [6.45, 7) is 0.102. The van der Waals surface area contributed by atoms with Crippen LogP contribution in [0.1, 0.15) is 17.2 Å². The number of nitrogens with zero attached hydrogens (tertiary/aromatic N) is 3. The van der Waals surface area contributed by atoms with Crippen molar-refractivity contribution in [2.45, 2.75) is 24.7 Å². The number of anilines is 1. The summed E-state index contributed by atoms with van der Waals surface area (Å²) in [4.78, 5) is 39.7. The second-order valence-corrected chi connectivity index (χ2v) is 10.3. The Balaban J connectivity index is 1.37. The highest BCUT2D eigenvalue weighted by atomic mass is 16.6. The van der Waals surface area contributed by atoms with E-state index in [4.69, 9.17) is 4.74 Å². The molecule has 10 nitrogen and oxygen atoms in total. The number of carbonyl (C=O) groups is 2. The predicted molar refractivity (Wildman–Crippen MR) is 156 cm³/mol. The largest absolute Gasteiger partial charge is 0.496 e. The van der Waals surface area contributed by atoms with Crippen molar-refractivity contribution in [3.8, 4) is 5.75 Å². The molecule has 0 radical (unpaired) electrons. The fourth-order valence-corrected chi connectivity index (χ4v) is 5.79. The molecule has 4 aromatic rings. The molecule has 4 atom stereocenters. The number of fused-ring (bicyclic) bond motifs is 2. The third-order valence-corrected chi connectivity index (χ3v) is 7.87. The van der Waals surface area contributed by atoms with Crippen molar-refractivity contribution in [3.05, 3.63) is 124 Å². The number of nitro benzene ring substituents is 1. The normalized spacial score (nSPS) is 20.9. The number of rotatable bonds is 8. The van der Waals surface area contributed by atoms with Crippen molar-refractivity contribution in [1.82, 2.24) is 9.91 Å². The van der Waals surface area contributed by atoms with Crippen LogP contribution in [0, 0.1) is 16.0 Å². The Bertz CT molecular complexity index is 1700. The number of imide groups is 1. The SMILES string of the molecule is COc1ccccc1[C@@H](O)[C@@H]1C=CC2C(=O)N(Cc3cccc4ccccc34)C(=O)[C@H]2N1Nc1ccc([N+](=O)[O-])cc1. The first-order valence-electron chi connectivity index (χ1n) is 13.5. The Morgan fingerprint density at radius 2 is 1.64 bits per heavy atom. The minimum Gasteiger partial charge on any atom is -0.496 e. The zero-order valence-electron chi connectivity index (χ0n) is 22.7. The number of hydrogen-bond donors (Lipinski definition) is 2. The van der Waals surface area contributed by atoms with Gasteiger partial charge in [-0.1, -0.05) is 72.8 Å². The summed E-state index contributed by atoms with van der Waals surface area (Å²) in [5.74, 6) is -1.06. The molecule has 0 saturated carbocycles. The van der Waals surface area contributed by atoms with Crippen LogP contribution < -0.4 is 10.2 Å². The number of methoxy groups -OCH3 is 1. The molecular formula is C32H28N4O6. The molecular weight excluding hydrogens is 536 g/mol. The molecule has 2 N–H and O–H groups in total. The van der Waals surface area contributed by atoms with Crippen LogP contribution in [-0.2, 0) is 16.1 Å². The maximum atomic E-state index is 14.1. The lowest BCUT2D eigenvalue weighted by molar-refractivity contribution is -0.384. The number of hydrazine groups is 1. The molecule has 2 aliphatic rings. The summed E-state index contributed by atoms with van der Waals surface area (Å²) >= 11 is 0. The topological polar surface area (TPSA) is 125 Å². The van der Waals surface area contributed by atoms with Crippen LogP contribution in [0.4, 0.5) is 11.4 Å². The van der Waals surface area contributed by atoms with Crippen LogP contribution >= 0.6 is 0 Å². The van der Waals surface area contributed by atoms with Crippen molar-refractivity contribution in [2.24, 2.45) is 5.92 Å². The summed E-state index contributed by atoms with van der Waals surface area (Å²) in [5, 5.41) is 26.3. The van der Waals surface area contributed by atoms with E-state index in [1.165, 1.54) is 36.3 Å². The van der Waals surface area contributed by atoms with E-state index in [1.54, 1.807) is 41.4 Å². The molecule has 1 unspecified atom stereocenters. The molecule has 212 valence electrons. The highest BCUT2D eigenvalue weighted by molar-refractivity contribution is 6.08. The molecule has 0 spiro atoms. The van der Waals surface area contributed by atoms with Gasteiger partial charge in [0.15, 0.2) is 0 Å². The van der Waals surface area contributed by atoms with Crippen molar-refractivity contribution >= 4 is 34.0 Å². The molecule has 1 fully saturated rings. The van der Waals surface area contributed by atoms with Crippen molar-refractivity contribution < 1.29 is 24.4 Å². The lowest BCUT2D eigenvalue weighted by Crippen LogP contribution is -2.55. The number of likely N-dealkylation sites (tertiary alicyclic amines) is 1. The lowest BCUT2D eigenvalue weighted by Gasteiger charge is -2.40. The zero-order chi connectivity index (χ0) is 29.4. The first-order chi connectivity index (χ1) is 20.4. The number of aliphatic hydroxyl groups excluding tert-OH is 1. The van der Waals surface area contributed by atoms with Gasteiger partial charge in [-0.15, -0.1) is 0 Å². The summed E-state index contributed by atoms with van der Waals surface area (Å²) in [6.07, 6.45) is 2.26. The second kappa shape index (κ2) is 11.1. The third kappa shape index (κ3) is 4.76. The average Bonchev–Trinajstić information content (AvgIpc) is 3.26. The molecule has 2 heterocycles. The minimum atomic E-state index is -1.14. The monoisotopic (exact) mass is 564 g/mol. The number of benzene rings is 4. The maximum Gasteiger partial charge on any atom is 0.269 e. The first kappa shape index (κ1) is 27.1. The van der Waals surface area contributed by atoms with Crippen molar-refractivity contribution in [2.75, 3.05) is 12.5 Å². The number of para-hydroxylation sites is 1. The lowest BCUT2D eigenvalue weighted by atomic mass is 9.90. The Morgan fingerprint density at radius 1 is 0.929 bits per heavy atom. The van der Waals surface area contributed by atoms with Gasteiger partial charge in [-0.25, -0.2) is 5.01 Å². The maximum absolute atomic E-state index is 14.1. The fraction of sp³-hybridized carbons (Fsp3) is 0.188. The van der Waals surface area contributed by atoms with E-state index in [0.29, 0.717) is 17.0 Å². The number of ether oxygens (including phenoxy) is 1. The third-order valence-electron chi connectivity index (χ3n) is 7.87. The molecule has 1 saturated heterocycles. The smallest absolute Gasteiger partial charge is 0.269 e. The molecule has 10 heteroatoms. The Kier molecular flexibility index (Phi) is 7.15. The standard InChI is InChI=1S/C32H28N4O6/c1-42-28-12-5-4-11-25(28)30(37)27-18-17-26-29(35(27)33-22-13-15-23(16-14-22)36(40)41)32(39)34(31(26)38)19-21-9-6-8-20-7-2-3-10-24(20)21/h2-18,26-27,29-30,33,37H,19H2,1H3/t26?,27-,29-,30+/m0/s1. The number of hydrogen-bond acceptors (Lipinski definition) is 8. The van der Waals surface area contributed by atoms with Crippen molar-refractivity contribution in [1.29, 1.82) is 0 Å². The van der Waals surface area contributed by atoms with E-state index in [1.807, 2.05) is 42.5 Å². The molecule has 6 rings (SSSR count). The van der Waals surface area contributed by atoms with E-state index in [2.05, 4.69) is 5.43 Å². The second-order valence-electron chi connectivity index (χ2n) is 10.3. The Labute approximate surface area is 241 Å². The van der Waals surface area contributed by atoms with E-state index >= 15 is 0 Å². The van der Waals surface area contributed by atoms with E-state index in [9.17, 15) is 24.8 Å². The summed E-state index contributed by atoms with van der Waals surface area (Å²) < 4.78 is 5.47. The van der Waals surface area contributed by atoms with Gasteiger partial charge in [0, 0.05) is 23.4 Å². The number of carbonyl (C=O) groups excluding carboxylic acids is 2. The highest BCUT2D eigenvalue weighted by Crippen LogP contribution is 2.39.